The molecule has 0 aliphatic heterocycles. The SMILES string of the molecule is CCCC[N+](CCCC)(CCCC)C(CC)(OCC)c1c(OB(Oc2cc(C(F)(F)F)cc(C(F)(F)F)c2)Oc2cc(C(F)(F)F)cc(C(F)(F)F)c2)cc(C(F)(F)F)cc1C(F)(F)F.FC(F)(F)c1c[c-]cc(C(F)(F)F)c1. The van der Waals surface area contributed by atoms with Gasteiger partial charge in [-0.2, -0.15) is 124 Å². The van der Waals surface area contributed by atoms with Gasteiger partial charge in [-0.25, -0.2) is 0 Å². The van der Waals surface area contributed by atoms with Crippen LogP contribution in [-0.2, 0) is 59.9 Å². The van der Waals surface area contributed by atoms with Gasteiger partial charge in [0.1, 0.15) is 17.2 Å². The van der Waals surface area contributed by atoms with Crippen molar-refractivity contribution < 1.29 is 129 Å². The van der Waals surface area contributed by atoms with Gasteiger partial charge in [0.05, 0.1) is 65.2 Å². The number of quaternary nitrogens is 1. The number of nitrogens with zero attached hydrogens (tertiary/aromatic N) is 1. The molecular weight excluding hydrogens is 1130 g/mol. The molecule has 0 aliphatic carbocycles. The highest BCUT2D eigenvalue weighted by Gasteiger charge is 2.58. The van der Waals surface area contributed by atoms with E-state index in [1.54, 1.807) is 26.8 Å². The summed E-state index contributed by atoms with van der Waals surface area (Å²) in [4.78, 5) is 0. The van der Waals surface area contributed by atoms with Gasteiger partial charge in [0.25, 0.3) is 0 Å². The number of alkyl halides is 24. The molecule has 0 bridgehead atoms. The molecule has 5 nitrogen and oxygen atoms in total. The molecule has 0 amide bonds. The van der Waals surface area contributed by atoms with Crippen LogP contribution in [-0.4, -0.2) is 38.0 Å². The molecule has 1 atom stereocenters. The Morgan fingerprint density at radius 1 is 0.392 bits per heavy atom. The first-order valence-electron chi connectivity index (χ1n) is 23.5. The lowest BCUT2D eigenvalue weighted by molar-refractivity contribution is -1.01. The van der Waals surface area contributed by atoms with E-state index in [0.717, 1.165) is 0 Å². The summed E-state index contributed by atoms with van der Waals surface area (Å²) in [5.74, 6) is -4.75. The van der Waals surface area contributed by atoms with Crippen molar-refractivity contribution in [2.75, 3.05) is 26.2 Å². The van der Waals surface area contributed by atoms with Crippen LogP contribution in [0, 0.1) is 6.07 Å². The van der Waals surface area contributed by atoms with Crippen molar-refractivity contribution in [3.63, 3.8) is 0 Å². The summed E-state index contributed by atoms with van der Waals surface area (Å²) in [7, 11) is -3.34. The molecule has 0 N–H and O–H groups in total. The van der Waals surface area contributed by atoms with Crippen LogP contribution in [0.15, 0.2) is 66.7 Å². The number of rotatable bonds is 20. The average molecular weight is 1180 g/mol. The maximum Gasteiger partial charge on any atom is 0.864 e. The Labute approximate surface area is 436 Å². The number of ether oxygens (including phenoxy) is 1. The molecule has 0 spiro atoms. The number of unbranched alkanes of at least 4 members (excludes halogenated alkanes) is 3. The molecule has 0 radical (unpaired) electrons. The third-order valence-corrected chi connectivity index (χ3v) is 11.8. The minimum atomic E-state index is -5.75. The van der Waals surface area contributed by atoms with Crippen molar-refractivity contribution >= 4 is 7.32 Å². The lowest BCUT2D eigenvalue weighted by Gasteiger charge is -2.54. The summed E-state index contributed by atoms with van der Waals surface area (Å²) >= 11 is 0. The predicted molar refractivity (Wildman–Crippen MR) is 235 cm³/mol. The van der Waals surface area contributed by atoms with Gasteiger partial charge in [0.15, 0.2) is 0 Å². The molecule has 0 fully saturated rings. The van der Waals surface area contributed by atoms with Gasteiger partial charge in [-0.3, -0.25) is 4.48 Å². The van der Waals surface area contributed by atoms with Crippen molar-refractivity contribution in [2.24, 2.45) is 0 Å². The Balaban J connectivity index is 0.00000101. The van der Waals surface area contributed by atoms with E-state index >= 15 is 13.2 Å². The maximum atomic E-state index is 15.5. The number of hydrogen-bond acceptors (Lipinski definition) is 4. The lowest BCUT2D eigenvalue weighted by Crippen LogP contribution is -2.65. The minimum absolute atomic E-state index is 0.0213. The topological polar surface area (TPSA) is 36.9 Å². The number of benzene rings is 4. The van der Waals surface area contributed by atoms with Gasteiger partial charge in [-0.1, -0.05) is 58.1 Å². The summed E-state index contributed by atoms with van der Waals surface area (Å²) in [5, 5.41) is 0. The first-order valence-corrected chi connectivity index (χ1v) is 23.5. The Hall–Kier alpha value is -5.42. The van der Waals surface area contributed by atoms with E-state index in [-0.39, 0.29) is 62.1 Å². The van der Waals surface area contributed by atoms with E-state index in [0.29, 0.717) is 50.7 Å². The summed E-state index contributed by atoms with van der Waals surface area (Å²) in [6.45, 7) is 7.54. The fourth-order valence-electron chi connectivity index (χ4n) is 8.24. The molecule has 0 aromatic heterocycles. The summed E-state index contributed by atoms with van der Waals surface area (Å²) < 4.78 is 351. The second kappa shape index (κ2) is 25.6. The molecule has 0 saturated carbocycles. The van der Waals surface area contributed by atoms with Crippen LogP contribution >= 0.6 is 0 Å². The van der Waals surface area contributed by atoms with Gasteiger partial charge in [-0.15, -0.1) is 6.07 Å². The van der Waals surface area contributed by atoms with Crippen LogP contribution in [0.1, 0.15) is 130 Å². The molecular formula is C49H48BF24NO4. The highest BCUT2D eigenvalue weighted by molar-refractivity contribution is 6.39. The third kappa shape index (κ3) is 18.0. The predicted octanol–water partition coefficient (Wildman–Crippen LogP) is 18.7. The zero-order valence-electron chi connectivity index (χ0n) is 41.9. The molecule has 444 valence electrons. The standard InChI is InChI=1S/C41H45BF18NO4.C8H3F6/c1-6-11-14-61(15-12-7-2,16-13-8-3)35(9-4,62-10-5)34-32(41(58,59)60)23-29(40(55,56)57)24-33(34)65-42(63-30-19-25(36(43,44)45)17-26(20-30)37(46,47)48)64-31-21-27(38(49,50)51)18-28(22-31)39(52,53)54;9-7(10,11)5-2-1-3-6(4-5)8(12,13)14/h17-24H,6-16H2,1-5H3;2-4H/q+1;-1. The highest BCUT2D eigenvalue weighted by Crippen LogP contribution is 2.53. The van der Waals surface area contributed by atoms with Crippen LogP contribution in [0.2, 0.25) is 0 Å². The van der Waals surface area contributed by atoms with E-state index in [9.17, 15) is 92.2 Å². The summed E-state index contributed by atoms with van der Waals surface area (Å²) in [6, 6.07) is 1.02. The normalized spacial score (nSPS) is 14.1. The molecule has 0 saturated heterocycles. The van der Waals surface area contributed by atoms with Crippen molar-refractivity contribution in [3.8, 4) is 17.2 Å². The fraction of sp³-hybridized carbons (Fsp3) is 0.510. The van der Waals surface area contributed by atoms with E-state index in [2.05, 4.69) is 0 Å². The Bertz CT molecular complexity index is 2410. The smallest absolute Gasteiger partial charge is 0.490 e. The van der Waals surface area contributed by atoms with Gasteiger partial charge in [0.2, 0.25) is 5.72 Å². The van der Waals surface area contributed by atoms with Crippen LogP contribution in [0.4, 0.5) is 105 Å². The Kier molecular flexibility index (Phi) is 22.0. The first kappa shape index (κ1) is 67.9. The zero-order valence-corrected chi connectivity index (χ0v) is 41.9. The monoisotopic (exact) mass is 1180 g/mol. The quantitative estimate of drug-likeness (QED) is 0.0291. The summed E-state index contributed by atoms with van der Waals surface area (Å²) in [5.41, 5.74) is -18.9. The third-order valence-electron chi connectivity index (χ3n) is 11.8. The van der Waals surface area contributed by atoms with Gasteiger partial charge < -0.3 is 18.7 Å². The second-order valence-electron chi connectivity index (χ2n) is 17.5. The van der Waals surface area contributed by atoms with Gasteiger partial charge in [0, 0.05) is 6.42 Å². The van der Waals surface area contributed by atoms with Crippen molar-refractivity contribution in [3.05, 3.63) is 123 Å². The van der Waals surface area contributed by atoms with Crippen molar-refractivity contribution in [2.45, 2.75) is 135 Å². The maximum absolute atomic E-state index is 15.5. The minimum Gasteiger partial charge on any atom is -0.490 e. The van der Waals surface area contributed by atoms with E-state index in [4.69, 9.17) is 18.7 Å². The van der Waals surface area contributed by atoms with Crippen molar-refractivity contribution in [1.29, 1.82) is 0 Å². The average Bonchev–Trinajstić information content (AvgIpc) is 3.31. The van der Waals surface area contributed by atoms with Crippen LogP contribution in [0.25, 0.3) is 0 Å². The number of hydrogen-bond donors (Lipinski definition) is 0. The molecule has 30 heteroatoms. The van der Waals surface area contributed by atoms with Gasteiger partial charge >= 0.3 is 56.7 Å². The van der Waals surface area contributed by atoms with Crippen LogP contribution in [0.5, 0.6) is 17.2 Å². The van der Waals surface area contributed by atoms with Gasteiger partial charge in [-0.05, 0) is 74.7 Å². The first-order chi connectivity index (χ1) is 35.9. The Morgan fingerprint density at radius 2 is 0.709 bits per heavy atom. The largest absolute Gasteiger partial charge is 0.864 e. The lowest BCUT2D eigenvalue weighted by atomic mass is 9.86. The molecule has 0 aliphatic rings. The fourth-order valence-corrected chi connectivity index (χ4v) is 8.24. The van der Waals surface area contributed by atoms with E-state index in [1.807, 2.05) is 0 Å². The molecule has 4 aromatic rings. The molecule has 79 heavy (non-hydrogen) atoms. The second-order valence-corrected chi connectivity index (χ2v) is 17.5. The zero-order chi connectivity index (χ0) is 60.6. The molecule has 0 heterocycles. The van der Waals surface area contributed by atoms with E-state index in [1.165, 1.54) is 13.8 Å². The molecule has 4 rings (SSSR count). The Morgan fingerprint density at radius 3 is 0.987 bits per heavy atom. The van der Waals surface area contributed by atoms with E-state index < -0.39 is 159 Å². The molecule has 1 unspecified atom stereocenters. The van der Waals surface area contributed by atoms with Crippen LogP contribution < -0.4 is 14.0 Å². The summed E-state index contributed by atoms with van der Waals surface area (Å²) in [6.07, 6.45) is -41.7. The van der Waals surface area contributed by atoms with Crippen LogP contribution in [0.3, 0.4) is 0 Å². The van der Waals surface area contributed by atoms with Crippen molar-refractivity contribution in [1.82, 2.24) is 0 Å². The number of halogens is 24. The highest BCUT2D eigenvalue weighted by atomic mass is 19.4. The molecule has 4 aromatic carbocycles.